The minimum absolute atomic E-state index is 0.204. The molecule has 0 unspecified atom stereocenters. The lowest BCUT2D eigenvalue weighted by molar-refractivity contribution is -0.126. The summed E-state index contributed by atoms with van der Waals surface area (Å²) in [6.45, 7) is 4.60. The van der Waals surface area contributed by atoms with E-state index in [4.69, 9.17) is 11.6 Å². The number of thiophene rings is 1. The second kappa shape index (κ2) is 8.77. The summed E-state index contributed by atoms with van der Waals surface area (Å²) in [5, 5.41) is 5.95. The van der Waals surface area contributed by atoms with Gasteiger partial charge in [0.1, 0.15) is 17.0 Å². The Labute approximate surface area is 198 Å². The van der Waals surface area contributed by atoms with E-state index in [1.54, 1.807) is 6.07 Å². The molecule has 4 aromatic rings. The van der Waals surface area contributed by atoms with Gasteiger partial charge < -0.3 is 10.3 Å². The van der Waals surface area contributed by atoms with Gasteiger partial charge in [0.05, 0.1) is 16.8 Å². The third kappa shape index (κ3) is 4.95. The highest BCUT2D eigenvalue weighted by atomic mass is 35.5. The van der Waals surface area contributed by atoms with Crippen molar-refractivity contribution in [2.45, 2.75) is 44.9 Å². The molecular weight excluding hydrogens is 471 g/mol. The Balaban J connectivity index is 1.23. The number of aromatic amines is 1. The predicted molar refractivity (Wildman–Crippen MR) is 127 cm³/mol. The van der Waals surface area contributed by atoms with Gasteiger partial charge in [-0.1, -0.05) is 17.7 Å². The third-order valence-electron chi connectivity index (χ3n) is 6.03. The fourth-order valence-electron chi connectivity index (χ4n) is 4.45. The van der Waals surface area contributed by atoms with Gasteiger partial charge >= 0.3 is 6.18 Å². The highest BCUT2D eigenvalue weighted by molar-refractivity contribution is 7.18. The van der Waals surface area contributed by atoms with Gasteiger partial charge in [0, 0.05) is 47.2 Å². The molecule has 0 spiro atoms. The molecule has 1 aliphatic rings. The molecule has 1 saturated heterocycles. The van der Waals surface area contributed by atoms with Crippen LogP contribution in [-0.2, 0) is 13.0 Å². The monoisotopic (exact) mass is 493 g/mol. The number of aryl methyl sites for hydroxylation is 1. The first-order valence-corrected chi connectivity index (χ1v) is 12.0. The zero-order valence-electron chi connectivity index (χ0n) is 18.0. The van der Waals surface area contributed by atoms with Crippen molar-refractivity contribution in [1.82, 2.24) is 19.9 Å². The molecule has 5 nitrogen and oxygen atoms in total. The molecular formula is C23H23ClF3N5S. The highest BCUT2D eigenvalue weighted by Gasteiger charge is 2.29. The number of anilines is 1. The number of likely N-dealkylation sites (tertiary alicyclic amines) is 1. The molecule has 10 heteroatoms. The predicted octanol–water partition coefficient (Wildman–Crippen LogP) is 6.32. The van der Waals surface area contributed by atoms with Crippen LogP contribution in [0.4, 0.5) is 19.0 Å². The maximum absolute atomic E-state index is 12.8. The summed E-state index contributed by atoms with van der Waals surface area (Å²) in [6.07, 6.45) is -1.94. The minimum Gasteiger partial charge on any atom is -0.367 e. The van der Waals surface area contributed by atoms with Gasteiger partial charge in [0.25, 0.3) is 0 Å². The van der Waals surface area contributed by atoms with Crippen molar-refractivity contribution in [2.24, 2.45) is 0 Å². The summed E-state index contributed by atoms with van der Waals surface area (Å²) >= 11 is 7.74. The van der Waals surface area contributed by atoms with E-state index in [0.29, 0.717) is 16.0 Å². The van der Waals surface area contributed by atoms with E-state index in [1.165, 1.54) is 6.33 Å². The fraction of sp³-hybridized carbons (Fsp3) is 0.391. The van der Waals surface area contributed by atoms with Gasteiger partial charge in [0.2, 0.25) is 0 Å². The van der Waals surface area contributed by atoms with E-state index in [1.807, 2.05) is 6.92 Å². The van der Waals surface area contributed by atoms with E-state index in [0.717, 1.165) is 71.0 Å². The molecule has 3 aromatic heterocycles. The van der Waals surface area contributed by atoms with Crippen molar-refractivity contribution < 1.29 is 13.2 Å². The molecule has 0 aliphatic carbocycles. The summed E-state index contributed by atoms with van der Waals surface area (Å²) in [6, 6.07) is 8.00. The lowest BCUT2D eigenvalue weighted by Crippen LogP contribution is -2.38. The Morgan fingerprint density at radius 1 is 1.18 bits per heavy atom. The number of nitrogens with one attached hydrogen (secondary N) is 2. The summed E-state index contributed by atoms with van der Waals surface area (Å²) in [5.41, 5.74) is 3.25. The number of halogens is 4. The number of hydrogen-bond acceptors (Lipinski definition) is 5. The molecule has 0 amide bonds. The average Bonchev–Trinajstić information content (AvgIpc) is 3.33. The smallest absolute Gasteiger partial charge is 0.367 e. The number of aromatic nitrogens is 3. The Morgan fingerprint density at radius 3 is 2.73 bits per heavy atom. The molecule has 0 radical (unpaired) electrons. The summed E-state index contributed by atoms with van der Waals surface area (Å²) in [7, 11) is 0. The lowest BCUT2D eigenvalue weighted by atomic mass is 10.0. The number of piperidine rings is 1. The molecule has 1 aliphatic heterocycles. The Kier molecular flexibility index (Phi) is 5.96. The molecule has 1 fully saturated rings. The van der Waals surface area contributed by atoms with Crippen LogP contribution in [0, 0.1) is 6.92 Å². The average molecular weight is 494 g/mol. The van der Waals surface area contributed by atoms with E-state index < -0.39 is 12.6 Å². The van der Waals surface area contributed by atoms with Crippen LogP contribution in [0.3, 0.4) is 0 Å². The van der Waals surface area contributed by atoms with Crippen molar-refractivity contribution in [3.8, 4) is 0 Å². The van der Waals surface area contributed by atoms with E-state index >= 15 is 0 Å². The van der Waals surface area contributed by atoms with Crippen molar-refractivity contribution in [2.75, 3.05) is 18.4 Å². The van der Waals surface area contributed by atoms with Gasteiger partial charge in [0.15, 0.2) is 0 Å². The number of H-pyrrole nitrogens is 1. The number of nitrogens with zero attached hydrogens (tertiary/aromatic N) is 3. The lowest BCUT2D eigenvalue weighted by Gasteiger charge is -2.32. The molecule has 2 N–H and O–H groups in total. The molecule has 4 heterocycles. The molecule has 33 heavy (non-hydrogen) atoms. The summed E-state index contributed by atoms with van der Waals surface area (Å²) in [5.74, 6) is 0.611. The second-order valence-electron chi connectivity index (χ2n) is 8.59. The third-order valence-corrected chi connectivity index (χ3v) is 7.52. The quantitative estimate of drug-likeness (QED) is 0.342. The van der Waals surface area contributed by atoms with Gasteiger partial charge in [-0.2, -0.15) is 13.2 Å². The number of benzene rings is 1. The second-order valence-corrected chi connectivity index (χ2v) is 10.1. The topological polar surface area (TPSA) is 56.8 Å². The first-order chi connectivity index (χ1) is 15.7. The van der Waals surface area contributed by atoms with E-state index in [9.17, 15) is 13.2 Å². The zero-order chi connectivity index (χ0) is 23.2. The van der Waals surface area contributed by atoms with Gasteiger partial charge in [-0.15, -0.1) is 11.3 Å². The summed E-state index contributed by atoms with van der Waals surface area (Å²) in [4.78, 5) is 15.0. The zero-order valence-corrected chi connectivity index (χ0v) is 19.5. The van der Waals surface area contributed by atoms with Crippen LogP contribution in [0.15, 0.2) is 30.6 Å². The van der Waals surface area contributed by atoms with Gasteiger partial charge in [-0.3, -0.25) is 4.90 Å². The van der Waals surface area contributed by atoms with E-state index in [2.05, 4.69) is 43.4 Å². The Morgan fingerprint density at radius 2 is 1.97 bits per heavy atom. The molecule has 1 aromatic carbocycles. The van der Waals surface area contributed by atoms with Crippen LogP contribution in [-0.4, -0.2) is 45.2 Å². The van der Waals surface area contributed by atoms with Gasteiger partial charge in [-0.05, 0) is 43.5 Å². The van der Waals surface area contributed by atoms with Crippen LogP contribution in [0.1, 0.15) is 29.0 Å². The number of hydrogen-bond donors (Lipinski definition) is 2. The highest BCUT2D eigenvalue weighted by Crippen LogP contribution is 2.33. The number of alkyl halides is 3. The molecule has 0 bridgehead atoms. The standard InChI is InChI=1S/C23H23ClF3N5S/c1-13-8-17-19(30-13)3-2-14(20(17)24)11-32-6-4-15(5-7-32)31-21-18-9-16(10-23(25,26)27)33-22(18)29-12-28-21/h2-3,8-9,12,15,30H,4-7,10-11H2,1H3,(H,28,29,31). The number of fused-ring (bicyclic) bond motifs is 2. The maximum Gasteiger partial charge on any atom is 0.393 e. The number of rotatable bonds is 5. The normalized spacial score (nSPS) is 16.2. The largest absolute Gasteiger partial charge is 0.393 e. The molecule has 174 valence electrons. The molecule has 0 saturated carbocycles. The first kappa shape index (κ1) is 22.4. The van der Waals surface area contributed by atoms with Crippen molar-refractivity contribution in [1.29, 1.82) is 0 Å². The van der Waals surface area contributed by atoms with Crippen LogP contribution < -0.4 is 5.32 Å². The van der Waals surface area contributed by atoms with Crippen LogP contribution in [0.25, 0.3) is 21.1 Å². The SMILES string of the molecule is Cc1cc2c(Cl)c(CN3CCC(Nc4ncnc5sc(CC(F)(F)F)cc45)CC3)ccc2[nH]1. The molecule has 5 rings (SSSR count). The van der Waals surface area contributed by atoms with Crippen LogP contribution >= 0.6 is 22.9 Å². The van der Waals surface area contributed by atoms with Crippen molar-refractivity contribution in [3.05, 3.63) is 51.7 Å². The van der Waals surface area contributed by atoms with Crippen LogP contribution in [0.5, 0.6) is 0 Å². The Hall–Kier alpha value is -2.36. The summed E-state index contributed by atoms with van der Waals surface area (Å²) < 4.78 is 38.3. The Bertz CT molecular complexity index is 1290. The van der Waals surface area contributed by atoms with Crippen molar-refractivity contribution >= 4 is 49.9 Å². The van der Waals surface area contributed by atoms with Crippen molar-refractivity contribution in [3.63, 3.8) is 0 Å². The fourth-order valence-corrected chi connectivity index (χ4v) is 5.76. The van der Waals surface area contributed by atoms with E-state index in [-0.39, 0.29) is 10.9 Å². The maximum atomic E-state index is 12.8. The molecule has 0 atom stereocenters. The minimum atomic E-state index is -4.23. The first-order valence-electron chi connectivity index (χ1n) is 10.8. The van der Waals surface area contributed by atoms with Crippen LogP contribution in [0.2, 0.25) is 5.02 Å². The van der Waals surface area contributed by atoms with Gasteiger partial charge in [-0.25, -0.2) is 9.97 Å².